The number of carboxylic acid groups (broad SMARTS) is 1. The van der Waals surface area contributed by atoms with Crippen LogP contribution in [0.3, 0.4) is 0 Å². The van der Waals surface area contributed by atoms with Crippen molar-refractivity contribution >= 4 is 28.0 Å². The van der Waals surface area contributed by atoms with Gasteiger partial charge in [-0.25, -0.2) is 9.78 Å². The van der Waals surface area contributed by atoms with Crippen molar-refractivity contribution in [2.45, 2.75) is 104 Å². The fourth-order valence-corrected chi connectivity index (χ4v) is 13.1. The normalized spacial score (nSPS) is 40.6. The Morgan fingerprint density at radius 1 is 0.909 bits per heavy atom. The van der Waals surface area contributed by atoms with Gasteiger partial charge in [0.2, 0.25) is 0 Å². The second-order valence-electron chi connectivity index (χ2n) is 16.4. The minimum absolute atomic E-state index is 0.0561. The molecule has 5 aliphatic rings. The fourth-order valence-electron chi connectivity index (χ4n) is 12.6. The summed E-state index contributed by atoms with van der Waals surface area (Å²) in [4.78, 5) is 15.9. The number of nitrogens with zero attached hydrogens (tertiary/aromatic N) is 1. The number of allylic oxidation sites excluding steroid dienone is 2. The van der Waals surface area contributed by atoms with Gasteiger partial charge in [-0.2, -0.15) is 0 Å². The van der Waals surface area contributed by atoms with Crippen molar-refractivity contribution in [2.75, 3.05) is 18.4 Å². The lowest BCUT2D eigenvalue weighted by atomic mass is 9.33. The molecular formula is C38H53N3O2S. The predicted molar refractivity (Wildman–Crippen MR) is 181 cm³/mol. The van der Waals surface area contributed by atoms with E-state index >= 15 is 0 Å². The second kappa shape index (κ2) is 10.7. The molecule has 5 aliphatic carbocycles. The van der Waals surface area contributed by atoms with Crippen molar-refractivity contribution in [3.05, 3.63) is 53.0 Å². The number of thiazole rings is 1. The average molecular weight is 616 g/mol. The van der Waals surface area contributed by atoms with Crippen LogP contribution in [0.5, 0.6) is 0 Å². The Kier molecular flexibility index (Phi) is 7.40. The highest BCUT2D eigenvalue weighted by atomic mass is 32.1. The summed E-state index contributed by atoms with van der Waals surface area (Å²) in [5.74, 6) is 2.13. The largest absolute Gasteiger partial charge is 0.478 e. The SMILES string of the molecule is CC1(C)C(c2ccc(C(=O)O)cc2)=CCC2(C)C1CCC1(C)C2CCC2C3CCCC3(NCCNc3nccs3)CC[C@]21C. The number of benzene rings is 1. The van der Waals surface area contributed by atoms with Gasteiger partial charge in [0.25, 0.3) is 0 Å². The number of fused-ring (bicyclic) bond motifs is 7. The molecule has 6 heteroatoms. The maximum absolute atomic E-state index is 11.5. The molecule has 1 aromatic heterocycles. The molecule has 0 saturated heterocycles. The lowest BCUT2D eigenvalue weighted by Gasteiger charge is -2.72. The van der Waals surface area contributed by atoms with Gasteiger partial charge in [-0.1, -0.05) is 59.2 Å². The van der Waals surface area contributed by atoms with E-state index in [1.807, 2.05) is 23.7 Å². The molecule has 238 valence electrons. The topological polar surface area (TPSA) is 74.2 Å². The standard InChI is InChI=1S/C38H53N3O2S/c1-34(2)27(25-8-10-26(11-9-25)32(42)43)14-17-35(3)30(34)15-18-37(5)31(35)13-12-28-29-7-6-16-38(29,20-19-36(28,37)4)41-22-21-39-33-40-23-24-44-33/h8-11,14,23-24,28-31,41H,6-7,12-13,15-22H2,1-5H3,(H,39,40)(H,42,43)/t28?,29?,30?,31?,35?,36-,37?,38?/m1/s1. The number of hydrogen-bond acceptors (Lipinski definition) is 5. The molecule has 2 aromatic rings. The van der Waals surface area contributed by atoms with Crippen LogP contribution >= 0.6 is 11.3 Å². The summed E-state index contributed by atoms with van der Waals surface area (Å²) in [7, 11) is 0. The fraction of sp³-hybridized carbons (Fsp3) is 0.684. The lowest BCUT2D eigenvalue weighted by molar-refractivity contribution is -0.216. The van der Waals surface area contributed by atoms with E-state index in [2.05, 4.69) is 56.3 Å². The van der Waals surface area contributed by atoms with Crippen molar-refractivity contribution in [3.63, 3.8) is 0 Å². The Morgan fingerprint density at radius 2 is 1.70 bits per heavy atom. The predicted octanol–water partition coefficient (Wildman–Crippen LogP) is 9.14. The van der Waals surface area contributed by atoms with Gasteiger partial charge >= 0.3 is 5.97 Å². The highest BCUT2D eigenvalue weighted by Gasteiger charge is 2.69. The maximum atomic E-state index is 11.5. The second-order valence-corrected chi connectivity index (χ2v) is 17.3. The zero-order valence-electron chi connectivity index (χ0n) is 27.5. The third-order valence-corrected chi connectivity index (χ3v) is 15.4. The summed E-state index contributed by atoms with van der Waals surface area (Å²) in [6.07, 6.45) is 17.8. The van der Waals surface area contributed by atoms with Gasteiger partial charge < -0.3 is 15.7 Å². The molecule has 1 heterocycles. The highest BCUT2D eigenvalue weighted by molar-refractivity contribution is 7.13. The number of hydrogen-bond donors (Lipinski definition) is 3. The third-order valence-electron chi connectivity index (χ3n) is 14.7. The molecule has 0 amide bonds. The minimum Gasteiger partial charge on any atom is -0.478 e. The number of carboxylic acids is 1. The van der Waals surface area contributed by atoms with E-state index < -0.39 is 5.97 Å². The molecule has 5 nitrogen and oxygen atoms in total. The number of aromatic nitrogens is 1. The van der Waals surface area contributed by atoms with Crippen molar-refractivity contribution in [3.8, 4) is 0 Å². The van der Waals surface area contributed by atoms with E-state index in [9.17, 15) is 9.90 Å². The van der Waals surface area contributed by atoms with Crippen molar-refractivity contribution in [1.82, 2.24) is 10.3 Å². The monoisotopic (exact) mass is 615 g/mol. The summed E-state index contributed by atoms with van der Waals surface area (Å²) in [6, 6.07) is 7.64. The van der Waals surface area contributed by atoms with Crippen LogP contribution in [0.1, 0.15) is 115 Å². The van der Waals surface area contributed by atoms with E-state index in [0.717, 1.165) is 42.4 Å². The molecule has 3 N–H and O–H groups in total. The van der Waals surface area contributed by atoms with Crippen molar-refractivity contribution in [2.24, 2.45) is 45.3 Å². The molecule has 0 spiro atoms. The first kappa shape index (κ1) is 30.5. The van der Waals surface area contributed by atoms with Gasteiger partial charge in [-0.15, -0.1) is 11.3 Å². The summed E-state index contributed by atoms with van der Waals surface area (Å²) in [6.45, 7) is 15.0. The van der Waals surface area contributed by atoms with Gasteiger partial charge in [0.15, 0.2) is 5.13 Å². The van der Waals surface area contributed by atoms with Crippen LogP contribution in [0.25, 0.3) is 5.57 Å². The van der Waals surface area contributed by atoms with E-state index in [0.29, 0.717) is 33.3 Å². The summed E-state index contributed by atoms with van der Waals surface area (Å²) >= 11 is 1.69. The quantitative estimate of drug-likeness (QED) is 0.271. The van der Waals surface area contributed by atoms with Crippen LogP contribution in [0.2, 0.25) is 0 Å². The Balaban J connectivity index is 1.12. The first-order chi connectivity index (χ1) is 20.9. The maximum Gasteiger partial charge on any atom is 0.335 e. The van der Waals surface area contributed by atoms with Crippen molar-refractivity contribution < 1.29 is 9.90 Å². The summed E-state index contributed by atoms with van der Waals surface area (Å²) in [5.41, 5.74) is 4.41. The molecule has 1 aromatic carbocycles. The number of anilines is 1. The van der Waals surface area contributed by atoms with Crippen LogP contribution in [-0.4, -0.2) is 34.7 Å². The Hall–Kier alpha value is -2.18. The van der Waals surface area contributed by atoms with Gasteiger partial charge in [0.1, 0.15) is 0 Å². The summed E-state index contributed by atoms with van der Waals surface area (Å²) < 4.78 is 0. The minimum atomic E-state index is -0.853. The van der Waals surface area contributed by atoms with E-state index in [1.54, 1.807) is 23.5 Å². The molecule has 7 unspecified atom stereocenters. The first-order valence-corrected chi connectivity index (χ1v) is 18.3. The molecule has 8 atom stereocenters. The number of carbonyl (C=O) groups is 1. The van der Waals surface area contributed by atoms with Crippen LogP contribution in [-0.2, 0) is 0 Å². The van der Waals surface area contributed by atoms with Gasteiger partial charge in [-0.05, 0) is 126 Å². The van der Waals surface area contributed by atoms with Crippen LogP contribution < -0.4 is 10.6 Å². The molecule has 0 radical (unpaired) electrons. The highest BCUT2D eigenvalue weighted by Crippen LogP contribution is 2.76. The zero-order valence-corrected chi connectivity index (χ0v) is 28.4. The van der Waals surface area contributed by atoms with Crippen molar-refractivity contribution in [1.29, 1.82) is 0 Å². The Morgan fingerprint density at radius 3 is 2.43 bits per heavy atom. The van der Waals surface area contributed by atoms with Crippen LogP contribution in [0, 0.1) is 45.3 Å². The summed E-state index contributed by atoms with van der Waals surface area (Å²) in [5, 5.41) is 20.2. The van der Waals surface area contributed by atoms with Crippen LogP contribution in [0.4, 0.5) is 5.13 Å². The van der Waals surface area contributed by atoms with Gasteiger partial charge in [-0.3, -0.25) is 0 Å². The van der Waals surface area contributed by atoms with E-state index in [4.69, 9.17) is 0 Å². The molecule has 4 fully saturated rings. The first-order valence-electron chi connectivity index (χ1n) is 17.4. The molecular weight excluding hydrogens is 563 g/mol. The lowest BCUT2D eigenvalue weighted by Crippen LogP contribution is -2.67. The number of rotatable bonds is 7. The smallest absolute Gasteiger partial charge is 0.335 e. The molecule has 44 heavy (non-hydrogen) atoms. The number of nitrogens with one attached hydrogen (secondary N) is 2. The van der Waals surface area contributed by atoms with Crippen LogP contribution in [0.15, 0.2) is 41.9 Å². The van der Waals surface area contributed by atoms with Gasteiger partial charge in [0, 0.05) is 30.2 Å². The zero-order chi connectivity index (χ0) is 31.0. The van der Waals surface area contributed by atoms with Gasteiger partial charge in [0.05, 0.1) is 5.56 Å². The molecule has 7 rings (SSSR count). The molecule has 4 saturated carbocycles. The Labute approximate surface area is 268 Å². The average Bonchev–Trinajstić information content (AvgIpc) is 3.66. The number of aromatic carboxylic acids is 1. The third kappa shape index (κ3) is 4.40. The Bertz CT molecular complexity index is 1420. The molecule has 0 bridgehead atoms. The van der Waals surface area contributed by atoms with E-state index in [-0.39, 0.29) is 5.41 Å². The molecule has 0 aliphatic heterocycles. The van der Waals surface area contributed by atoms with E-state index in [1.165, 1.54) is 68.9 Å².